The van der Waals surface area contributed by atoms with Crippen molar-refractivity contribution in [3.05, 3.63) is 0 Å². The lowest BCUT2D eigenvalue weighted by molar-refractivity contribution is 0.522. The summed E-state index contributed by atoms with van der Waals surface area (Å²) in [6.45, 7) is 0.752. The van der Waals surface area contributed by atoms with Gasteiger partial charge in [0.05, 0.1) is 12.1 Å². The summed E-state index contributed by atoms with van der Waals surface area (Å²) in [7, 11) is 0. The molecule has 9 heavy (non-hydrogen) atoms. The van der Waals surface area contributed by atoms with Crippen LogP contribution in [0.1, 0.15) is 0 Å². The summed E-state index contributed by atoms with van der Waals surface area (Å²) < 4.78 is 0. The molecule has 0 radical (unpaired) electrons. The molecule has 46 valence electrons. The molecule has 5 heteroatoms. The summed E-state index contributed by atoms with van der Waals surface area (Å²) in [5, 5.41) is 14.3. The molecule has 2 heterocycles. The van der Waals surface area contributed by atoms with Crippen LogP contribution in [0.5, 0.6) is 0 Å². The molecule has 2 aliphatic heterocycles. The molecular formula is C4H4N4S. The highest BCUT2D eigenvalue weighted by atomic mass is 32.2. The fraction of sp³-hybridized carbons (Fsp3) is 0.250. The Hall–Kier alpha value is -0.840. The van der Waals surface area contributed by atoms with Crippen molar-refractivity contribution in [3.63, 3.8) is 0 Å². The van der Waals surface area contributed by atoms with E-state index in [1.807, 2.05) is 0 Å². The highest BCUT2D eigenvalue weighted by Crippen LogP contribution is 2.15. The van der Waals surface area contributed by atoms with Crippen molar-refractivity contribution in [3.8, 4) is 0 Å². The first-order valence-corrected chi connectivity index (χ1v) is 3.41. The summed E-state index contributed by atoms with van der Waals surface area (Å²) in [6, 6.07) is 0. The van der Waals surface area contributed by atoms with E-state index in [2.05, 4.69) is 15.3 Å². The molecule has 0 amide bonds. The van der Waals surface area contributed by atoms with Crippen LogP contribution in [-0.4, -0.2) is 28.5 Å². The van der Waals surface area contributed by atoms with Crippen molar-refractivity contribution in [1.82, 2.24) is 5.01 Å². The number of hydrazone groups is 1. The van der Waals surface area contributed by atoms with E-state index in [0.717, 1.165) is 11.7 Å². The minimum absolute atomic E-state index is 0.752. The third-order valence-corrected chi connectivity index (χ3v) is 1.75. The maximum atomic E-state index is 4.01. The molecule has 0 aromatic heterocycles. The molecule has 0 saturated carbocycles. The van der Waals surface area contributed by atoms with E-state index in [0.29, 0.717) is 0 Å². The number of fused-ring (bicyclic) bond motifs is 1. The Labute approximate surface area is 56.3 Å². The van der Waals surface area contributed by atoms with Crippen molar-refractivity contribution in [2.75, 3.05) is 6.54 Å². The maximum absolute atomic E-state index is 4.01. The average Bonchev–Trinajstić information content (AvgIpc) is 2.33. The molecule has 0 unspecified atom stereocenters. The van der Waals surface area contributed by atoms with E-state index in [1.165, 1.54) is 11.8 Å². The molecule has 0 atom stereocenters. The summed E-state index contributed by atoms with van der Waals surface area (Å²) in [6.07, 6.45) is 1.73. The fourth-order valence-corrected chi connectivity index (χ4v) is 1.24. The van der Waals surface area contributed by atoms with E-state index in [-0.39, 0.29) is 0 Å². The molecule has 2 rings (SSSR count). The Kier molecular flexibility index (Phi) is 1.02. The first-order valence-electron chi connectivity index (χ1n) is 2.53. The van der Waals surface area contributed by atoms with E-state index in [1.54, 1.807) is 16.8 Å². The highest BCUT2D eigenvalue weighted by molar-refractivity contribution is 8.25. The number of rotatable bonds is 0. The van der Waals surface area contributed by atoms with Crippen LogP contribution in [0.15, 0.2) is 15.3 Å². The fourth-order valence-electron chi connectivity index (χ4n) is 0.642. The average molecular weight is 140 g/mol. The Morgan fingerprint density at radius 2 is 2.67 bits per heavy atom. The molecule has 0 fully saturated rings. The molecule has 2 aliphatic rings. The van der Waals surface area contributed by atoms with Gasteiger partial charge in [-0.2, -0.15) is 10.2 Å². The lowest BCUT2D eigenvalue weighted by atomic mass is 10.7. The van der Waals surface area contributed by atoms with Gasteiger partial charge in [0.2, 0.25) is 5.17 Å². The predicted molar refractivity (Wildman–Crippen MR) is 38.7 cm³/mol. The first-order chi connectivity index (χ1) is 4.47. The van der Waals surface area contributed by atoms with Gasteiger partial charge in [-0.15, -0.1) is 5.10 Å². The van der Waals surface area contributed by atoms with Crippen LogP contribution in [0.2, 0.25) is 0 Å². The van der Waals surface area contributed by atoms with Crippen LogP contribution < -0.4 is 0 Å². The van der Waals surface area contributed by atoms with Gasteiger partial charge < -0.3 is 0 Å². The van der Waals surface area contributed by atoms with Gasteiger partial charge in [-0.25, -0.2) is 5.01 Å². The molecule has 0 spiro atoms. The van der Waals surface area contributed by atoms with Crippen LogP contribution in [0, 0.1) is 0 Å². The molecule has 0 bridgehead atoms. The van der Waals surface area contributed by atoms with Crippen LogP contribution in [-0.2, 0) is 0 Å². The quantitative estimate of drug-likeness (QED) is 0.486. The Morgan fingerprint density at radius 3 is 3.56 bits per heavy atom. The van der Waals surface area contributed by atoms with E-state index >= 15 is 0 Å². The highest BCUT2D eigenvalue weighted by Gasteiger charge is 2.16. The normalized spacial score (nSPS) is 22.2. The number of hydrogen-bond donors (Lipinski definition) is 0. The first kappa shape index (κ1) is 4.99. The molecule has 0 aliphatic carbocycles. The van der Waals surface area contributed by atoms with Crippen LogP contribution >= 0.6 is 11.8 Å². The predicted octanol–water partition coefficient (Wildman–Crippen LogP) is 0.334. The smallest absolute Gasteiger partial charge is 0.212 e. The lowest BCUT2D eigenvalue weighted by Gasteiger charge is -2.11. The minimum atomic E-state index is 0.752. The Bertz CT molecular complexity index is 207. The van der Waals surface area contributed by atoms with Gasteiger partial charge in [-0.05, 0) is 11.8 Å². The second-order valence-corrected chi connectivity index (χ2v) is 2.41. The van der Waals surface area contributed by atoms with Crippen LogP contribution in [0.25, 0.3) is 0 Å². The second-order valence-electron chi connectivity index (χ2n) is 1.60. The summed E-state index contributed by atoms with van der Waals surface area (Å²) in [5.74, 6) is 0. The molecule has 4 nitrogen and oxygen atoms in total. The summed E-state index contributed by atoms with van der Waals surface area (Å²) in [4.78, 5) is 0. The maximum Gasteiger partial charge on any atom is 0.212 e. The SMILES string of the molecule is C1=NN=C2SC=NN2C1. The van der Waals surface area contributed by atoms with E-state index < -0.39 is 0 Å². The standard InChI is InChI=1S/C4H4N4S/c1-2-8-4(7-5-1)9-3-6-8/h1,3H,2H2. The van der Waals surface area contributed by atoms with Crippen molar-refractivity contribution in [2.24, 2.45) is 15.3 Å². The molecular weight excluding hydrogens is 136 g/mol. The van der Waals surface area contributed by atoms with Crippen LogP contribution in [0.4, 0.5) is 0 Å². The van der Waals surface area contributed by atoms with Crippen molar-refractivity contribution in [1.29, 1.82) is 0 Å². The largest absolute Gasteiger partial charge is 0.235 e. The van der Waals surface area contributed by atoms with Gasteiger partial charge in [0.1, 0.15) is 0 Å². The number of nitrogens with zero attached hydrogens (tertiary/aromatic N) is 4. The zero-order valence-corrected chi connectivity index (χ0v) is 5.38. The number of thioether (sulfide) groups is 1. The van der Waals surface area contributed by atoms with Gasteiger partial charge in [0.25, 0.3) is 0 Å². The second kappa shape index (κ2) is 1.84. The van der Waals surface area contributed by atoms with Crippen LogP contribution in [0.3, 0.4) is 0 Å². The molecule has 0 N–H and O–H groups in total. The zero-order chi connectivity index (χ0) is 6.10. The Morgan fingerprint density at radius 1 is 1.67 bits per heavy atom. The van der Waals surface area contributed by atoms with Gasteiger partial charge in [0.15, 0.2) is 0 Å². The zero-order valence-electron chi connectivity index (χ0n) is 4.56. The van der Waals surface area contributed by atoms with Gasteiger partial charge in [-0.3, -0.25) is 0 Å². The number of hydrogen-bond acceptors (Lipinski definition) is 5. The topological polar surface area (TPSA) is 40.3 Å². The minimum Gasteiger partial charge on any atom is -0.235 e. The van der Waals surface area contributed by atoms with Crippen molar-refractivity contribution < 1.29 is 0 Å². The lowest BCUT2D eigenvalue weighted by Crippen LogP contribution is -2.23. The molecule has 0 aromatic rings. The summed E-state index contributed by atoms with van der Waals surface area (Å²) >= 11 is 1.50. The van der Waals surface area contributed by atoms with E-state index in [9.17, 15) is 0 Å². The molecule has 0 aromatic carbocycles. The monoisotopic (exact) mass is 140 g/mol. The van der Waals surface area contributed by atoms with Crippen molar-refractivity contribution >= 4 is 28.7 Å². The van der Waals surface area contributed by atoms with Gasteiger partial charge in [-0.1, -0.05) is 0 Å². The van der Waals surface area contributed by atoms with Gasteiger partial charge >= 0.3 is 0 Å². The van der Waals surface area contributed by atoms with Crippen molar-refractivity contribution in [2.45, 2.75) is 0 Å². The number of amidine groups is 1. The van der Waals surface area contributed by atoms with Gasteiger partial charge in [0, 0.05) is 6.21 Å². The molecule has 0 saturated heterocycles. The third kappa shape index (κ3) is 0.730. The Balaban J connectivity index is 2.29. The third-order valence-electron chi connectivity index (χ3n) is 1.04. The summed E-state index contributed by atoms with van der Waals surface area (Å²) in [5.41, 5.74) is 1.76. The van der Waals surface area contributed by atoms with E-state index in [4.69, 9.17) is 0 Å².